The molecule has 0 saturated carbocycles. The summed E-state index contributed by atoms with van der Waals surface area (Å²) in [4.78, 5) is 22.7. The third kappa shape index (κ3) is 11.3. The van der Waals surface area contributed by atoms with E-state index in [1.54, 1.807) is 0 Å². The quantitative estimate of drug-likeness (QED) is 0.232. The minimum Gasteiger partial charge on any atom is -0.377 e. The molecule has 4 heteroatoms. The van der Waals surface area contributed by atoms with Crippen molar-refractivity contribution in [3.63, 3.8) is 0 Å². The lowest BCUT2D eigenvalue weighted by molar-refractivity contribution is -0.115. The number of benzene rings is 1. The molecule has 1 aromatic rings. The normalized spacial score (nSPS) is 10.0. The van der Waals surface area contributed by atoms with Crippen molar-refractivity contribution < 1.29 is 19.1 Å². The highest BCUT2D eigenvalue weighted by Crippen LogP contribution is 2.12. The third-order valence-electron chi connectivity index (χ3n) is 4.08. The summed E-state index contributed by atoms with van der Waals surface area (Å²) in [5.74, 6) is 0.109. The van der Waals surface area contributed by atoms with Gasteiger partial charge in [-0.05, 0) is 36.8 Å². The van der Waals surface area contributed by atoms with Gasteiger partial charge in [-0.1, -0.05) is 37.4 Å². The number of ether oxygens (including phenoxy) is 2. The van der Waals surface area contributed by atoms with Crippen molar-refractivity contribution in [2.24, 2.45) is 0 Å². The highest BCUT2D eigenvalue weighted by Gasteiger charge is 2.03. The Hall–Kier alpha value is -2.48. The summed E-state index contributed by atoms with van der Waals surface area (Å²) < 4.78 is 11.5. The number of carbonyl (C=O) groups is 2. The molecule has 0 atom stereocenters. The van der Waals surface area contributed by atoms with Gasteiger partial charge in [-0.25, -0.2) is 0 Å². The monoisotopic (exact) mass is 382 g/mol. The Kier molecular flexibility index (Phi) is 13.1. The van der Waals surface area contributed by atoms with Gasteiger partial charge in [0, 0.05) is 38.2 Å². The van der Waals surface area contributed by atoms with E-state index in [0.717, 1.165) is 36.8 Å². The Balaban J connectivity index is 2.21. The lowest BCUT2D eigenvalue weighted by atomic mass is 10.1. The van der Waals surface area contributed by atoms with Crippen LogP contribution in [0.25, 0.3) is 0 Å². The standard InChI is InChI=1S/C24H30O4/c1-3-11-23(25)15-7-9-17-27-19-21-13-5-6-14-22(21)20-28-18-10-8-16-24(26)12-4-2/h5-6,11-14H,1-2,7-10,15-20H2. The van der Waals surface area contributed by atoms with Gasteiger partial charge in [0.15, 0.2) is 11.6 Å². The van der Waals surface area contributed by atoms with Crippen molar-refractivity contribution in [3.8, 4) is 0 Å². The number of hydrogen-bond acceptors (Lipinski definition) is 4. The first-order valence-electron chi connectivity index (χ1n) is 9.67. The molecule has 150 valence electrons. The molecule has 0 fully saturated rings. The molecule has 0 bridgehead atoms. The van der Waals surface area contributed by atoms with E-state index >= 15 is 0 Å². The first-order chi connectivity index (χ1) is 13.7. The van der Waals surface area contributed by atoms with E-state index in [1.165, 1.54) is 12.2 Å². The van der Waals surface area contributed by atoms with Crippen LogP contribution in [0.1, 0.15) is 49.7 Å². The van der Waals surface area contributed by atoms with Gasteiger partial charge in [-0.15, -0.1) is 11.5 Å². The zero-order chi connectivity index (χ0) is 20.5. The van der Waals surface area contributed by atoms with Gasteiger partial charge in [0.1, 0.15) is 0 Å². The first kappa shape index (κ1) is 23.6. The Morgan fingerprint density at radius 1 is 0.786 bits per heavy atom. The van der Waals surface area contributed by atoms with Gasteiger partial charge in [0.2, 0.25) is 0 Å². The van der Waals surface area contributed by atoms with Crippen LogP contribution in [0.3, 0.4) is 0 Å². The maximum absolute atomic E-state index is 11.3. The zero-order valence-corrected chi connectivity index (χ0v) is 16.6. The van der Waals surface area contributed by atoms with Gasteiger partial charge in [0.05, 0.1) is 13.2 Å². The zero-order valence-electron chi connectivity index (χ0n) is 16.6. The second-order valence-corrected chi connectivity index (χ2v) is 6.42. The molecule has 0 radical (unpaired) electrons. The minimum atomic E-state index is 0.0547. The van der Waals surface area contributed by atoms with Crippen molar-refractivity contribution in [1.82, 2.24) is 0 Å². The molecule has 28 heavy (non-hydrogen) atoms. The fourth-order valence-electron chi connectivity index (χ4n) is 2.58. The maximum atomic E-state index is 11.3. The molecule has 0 saturated heterocycles. The van der Waals surface area contributed by atoms with E-state index in [0.29, 0.717) is 39.3 Å². The molecule has 1 rings (SSSR count). The van der Waals surface area contributed by atoms with E-state index in [9.17, 15) is 9.59 Å². The summed E-state index contributed by atoms with van der Waals surface area (Å²) in [6.45, 7) is 9.09. The van der Waals surface area contributed by atoms with Crippen molar-refractivity contribution in [2.45, 2.75) is 51.7 Å². The molecule has 1 aromatic carbocycles. The summed E-state index contributed by atoms with van der Waals surface area (Å²) in [6.07, 6.45) is 7.06. The van der Waals surface area contributed by atoms with Crippen LogP contribution in [-0.2, 0) is 32.3 Å². The lowest BCUT2D eigenvalue weighted by Crippen LogP contribution is -2.03. The molecular formula is C24H30O4. The van der Waals surface area contributed by atoms with Crippen molar-refractivity contribution >= 4 is 11.6 Å². The smallest absolute Gasteiger partial charge is 0.163 e. The van der Waals surface area contributed by atoms with Crippen LogP contribution in [-0.4, -0.2) is 24.8 Å². The second-order valence-electron chi connectivity index (χ2n) is 6.42. The summed E-state index contributed by atoms with van der Waals surface area (Å²) in [5.41, 5.74) is 7.21. The second kappa shape index (κ2) is 15.6. The first-order valence-corrected chi connectivity index (χ1v) is 9.67. The van der Waals surface area contributed by atoms with Gasteiger partial charge >= 0.3 is 0 Å². The Labute approximate surface area is 168 Å². The summed E-state index contributed by atoms with van der Waals surface area (Å²) >= 11 is 0. The molecule has 0 aliphatic carbocycles. The number of ketones is 2. The summed E-state index contributed by atoms with van der Waals surface area (Å²) in [7, 11) is 0. The van der Waals surface area contributed by atoms with E-state index in [4.69, 9.17) is 9.47 Å². The molecule has 0 aromatic heterocycles. The van der Waals surface area contributed by atoms with E-state index < -0.39 is 0 Å². The average Bonchev–Trinajstić information content (AvgIpc) is 2.68. The fraction of sp³-hybridized carbons (Fsp3) is 0.417. The van der Waals surface area contributed by atoms with E-state index in [2.05, 4.69) is 24.6 Å². The molecule has 0 unspecified atom stereocenters. The molecule has 0 aliphatic heterocycles. The molecule has 0 aliphatic rings. The van der Waals surface area contributed by atoms with Crippen LogP contribution in [0, 0.1) is 0 Å². The Morgan fingerprint density at radius 3 is 1.61 bits per heavy atom. The van der Waals surface area contributed by atoms with E-state index in [1.807, 2.05) is 24.3 Å². The van der Waals surface area contributed by atoms with Crippen LogP contribution in [0.4, 0.5) is 0 Å². The molecule has 0 amide bonds. The van der Waals surface area contributed by atoms with Crippen LogP contribution >= 0.6 is 0 Å². The number of carbonyl (C=O) groups excluding carboxylic acids is 2. The predicted octanol–water partition coefficient (Wildman–Crippen LogP) is 4.88. The van der Waals surface area contributed by atoms with Crippen molar-refractivity contribution in [3.05, 3.63) is 72.2 Å². The minimum absolute atomic E-state index is 0.0547. The maximum Gasteiger partial charge on any atom is 0.163 e. The van der Waals surface area contributed by atoms with E-state index in [-0.39, 0.29) is 11.6 Å². The summed E-state index contributed by atoms with van der Waals surface area (Å²) in [6, 6.07) is 8.05. The number of unbranched alkanes of at least 4 members (excludes halogenated alkanes) is 2. The average molecular weight is 383 g/mol. The third-order valence-corrected chi connectivity index (χ3v) is 4.08. The Morgan fingerprint density at radius 2 is 1.21 bits per heavy atom. The van der Waals surface area contributed by atoms with Gasteiger partial charge in [0.25, 0.3) is 0 Å². The number of hydrogen-bond donors (Lipinski definition) is 0. The number of allylic oxidation sites excluding steroid dienone is 2. The molecular weight excluding hydrogens is 352 g/mol. The predicted molar refractivity (Wildman–Crippen MR) is 111 cm³/mol. The molecule has 0 heterocycles. The Bertz CT molecular complexity index is 646. The summed E-state index contributed by atoms with van der Waals surface area (Å²) in [5, 5.41) is 0. The van der Waals surface area contributed by atoms with Gasteiger partial charge in [-0.2, -0.15) is 0 Å². The molecule has 0 spiro atoms. The lowest BCUT2D eigenvalue weighted by Gasteiger charge is -2.11. The topological polar surface area (TPSA) is 52.6 Å². The SMILES string of the molecule is C=C=CC(=O)CCCCOCc1ccccc1COCCCCC(=O)C=C=C. The van der Waals surface area contributed by atoms with Gasteiger partial charge in [-0.3, -0.25) is 9.59 Å². The highest BCUT2D eigenvalue weighted by molar-refractivity contribution is 5.89. The number of rotatable bonds is 16. The van der Waals surface area contributed by atoms with Crippen LogP contribution in [0.15, 0.2) is 61.0 Å². The van der Waals surface area contributed by atoms with Crippen molar-refractivity contribution in [1.29, 1.82) is 0 Å². The van der Waals surface area contributed by atoms with Crippen LogP contribution < -0.4 is 0 Å². The molecule has 4 nitrogen and oxygen atoms in total. The molecule has 0 N–H and O–H groups in total. The largest absolute Gasteiger partial charge is 0.377 e. The van der Waals surface area contributed by atoms with Crippen LogP contribution in [0.2, 0.25) is 0 Å². The fourth-order valence-corrected chi connectivity index (χ4v) is 2.58. The van der Waals surface area contributed by atoms with Gasteiger partial charge < -0.3 is 9.47 Å². The highest BCUT2D eigenvalue weighted by atomic mass is 16.5. The van der Waals surface area contributed by atoms with Crippen LogP contribution in [0.5, 0.6) is 0 Å². The van der Waals surface area contributed by atoms with Crippen molar-refractivity contribution in [2.75, 3.05) is 13.2 Å².